The fraction of sp³-hybridized carbons (Fsp3) is 0.375. The van der Waals surface area contributed by atoms with E-state index in [0.29, 0.717) is 27.8 Å². The number of hydrogen-bond acceptors (Lipinski definition) is 4. The molecule has 6 nitrogen and oxygen atoms in total. The summed E-state index contributed by atoms with van der Waals surface area (Å²) < 4.78 is 12.4. The molecule has 0 spiro atoms. The van der Waals surface area contributed by atoms with Crippen LogP contribution in [0.15, 0.2) is 12.1 Å². The van der Waals surface area contributed by atoms with E-state index in [1.807, 2.05) is 13.8 Å². The Morgan fingerprint density at radius 3 is 2.39 bits per heavy atom. The van der Waals surface area contributed by atoms with Gasteiger partial charge in [0.2, 0.25) is 0 Å². The predicted octanol–water partition coefficient (Wildman–Crippen LogP) is 3.58. The summed E-state index contributed by atoms with van der Waals surface area (Å²) in [6, 6.07) is 3.16. The number of carboxylic acid groups (broad SMARTS) is 1. The second-order valence-corrected chi connectivity index (χ2v) is 5.79. The van der Waals surface area contributed by atoms with Crippen molar-refractivity contribution in [2.24, 2.45) is 7.05 Å². The Bertz CT molecular complexity index is 753. The van der Waals surface area contributed by atoms with Gasteiger partial charge in [-0.25, -0.2) is 4.79 Å². The highest BCUT2D eigenvalue weighted by Gasteiger charge is 2.25. The monoisotopic (exact) mass is 338 g/mol. The van der Waals surface area contributed by atoms with E-state index in [1.165, 1.54) is 10.7 Å². The summed E-state index contributed by atoms with van der Waals surface area (Å²) in [5, 5.41) is 13.6. The van der Waals surface area contributed by atoms with Crippen molar-refractivity contribution in [2.45, 2.75) is 19.8 Å². The molecule has 0 aliphatic heterocycles. The third kappa shape index (κ3) is 2.99. The van der Waals surface area contributed by atoms with E-state index in [1.54, 1.807) is 27.3 Å². The molecule has 0 unspecified atom stereocenters. The zero-order chi connectivity index (χ0) is 17.3. The first kappa shape index (κ1) is 17.1. The van der Waals surface area contributed by atoms with Gasteiger partial charge in [0, 0.05) is 24.2 Å². The van der Waals surface area contributed by atoms with Crippen LogP contribution in [0.3, 0.4) is 0 Å². The maximum atomic E-state index is 11.2. The molecule has 1 N–H and O–H groups in total. The number of benzene rings is 1. The summed E-state index contributed by atoms with van der Waals surface area (Å²) in [6.45, 7) is 4.01. The number of aryl methyl sites for hydroxylation is 1. The third-order valence-electron chi connectivity index (χ3n) is 3.59. The minimum atomic E-state index is -1.09. The van der Waals surface area contributed by atoms with Crippen LogP contribution >= 0.6 is 11.6 Å². The lowest BCUT2D eigenvalue weighted by Crippen LogP contribution is -2.04. The molecule has 0 radical (unpaired) electrons. The standard InChI is InChI=1S/C16H19ClN2O4/c1-8(2)13-14(9(17)6-12(22-4)15(13)23-5)11-7-10(16(20)21)18-19(11)3/h6-8H,1-5H3,(H,20,21). The molecular weight excluding hydrogens is 320 g/mol. The van der Waals surface area contributed by atoms with Gasteiger partial charge in [-0.05, 0) is 12.0 Å². The molecule has 0 amide bonds. The lowest BCUT2D eigenvalue weighted by atomic mass is 9.93. The molecule has 0 bridgehead atoms. The van der Waals surface area contributed by atoms with E-state index < -0.39 is 5.97 Å². The Morgan fingerprint density at radius 1 is 1.30 bits per heavy atom. The quantitative estimate of drug-likeness (QED) is 0.902. The maximum Gasteiger partial charge on any atom is 0.356 e. The van der Waals surface area contributed by atoms with Gasteiger partial charge in [-0.1, -0.05) is 25.4 Å². The molecule has 0 saturated carbocycles. The summed E-state index contributed by atoms with van der Waals surface area (Å²) in [4.78, 5) is 11.2. The number of carboxylic acids is 1. The zero-order valence-corrected chi connectivity index (χ0v) is 14.4. The van der Waals surface area contributed by atoms with E-state index in [-0.39, 0.29) is 11.6 Å². The number of carbonyl (C=O) groups is 1. The molecule has 2 rings (SSSR count). The Labute approximate surface area is 139 Å². The minimum absolute atomic E-state index is 0.0388. The topological polar surface area (TPSA) is 73.6 Å². The summed E-state index contributed by atoms with van der Waals surface area (Å²) in [6.07, 6.45) is 0. The molecule has 0 saturated heterocycles. The van der Waals surface area contributed by atoms with E-state index in [0.717, 1.165) is 5.56 Å². The van der Waals surface area contributed by atoms with E-state index in [2.05, 4.69) is 5.10 Å². The predicted molar refractivity (Wildman–Crippen MR) is 87.8 cm³/mol. The number of rotatable bonds is 5. The number of ether oxygens (including phenoxy) is 2. The van der Waals surface area contributed by atoms with Crippen molar-refractivity contribution < 1.29 is 19.4 Å². The van der Waals surface area contributed by atoms with Crippen molar-refractivity contribution in [1.29, 1.82) is 0 Å². The first-order valence-corrected chi connectivity index (χ1v) is 7.41. The van der Waals surface area contributed by atoms with Crippen molar-refractivity contribution in [3.05, 3.63) is 28.4 Å². The van der Waals surface area contributed by atoms with Crippen LogP contribution in [-0.2, 0) is 7.05 Å². The Hall–Kier alpha value is -2.21. The summed E-state index contributed by atoms with van der Waals surface area (Å²) in [5.74, 6) is 0.107. The molecule has 2 aromatic rings. The van der Waals surface area contributed by atoms with Crippen LogP contribution in [0.1, 0.15) is 35.8 Å². The SMILES string of the molecule is COc1cc(Cl)c(-c2cc(C(=O)O)nn2C)c(C(C)C)c1OC. The molecule has 7 heteroatoms. The van der Waals surface area contributed by atoms with Gasteiger partial charge < -0.3 is 14.6 Å². The second kappa shape index (κ2) is 6.50. The normalized spacial score (nSPS) is 10.9. The molecule has 1 aromatic heterocycles. The van der Waals surface area contributed by atoms with E-state index in [9.17, 15) is 4.79 Å². The van der Waals surface area contributed by atoms with Gasteiger partial charge in [0.05, 0.1) is 24.9 Å². The molecule has 0 aliphatic carbocycles. The first-order chi connectivity index (χ1) is 10.8. The Balaban J connectivity index is 2.83. The van der Waals surface area contributed by atoms with Gasteiger partial charge in [0.15, 0.2) is 17.2 Å². The van der Waals surface area contributed by atoms with Crippen molar-refractivity contribution in [3.8, 4) is 22.8 Å². The van der Waals surface area contributed by atoms with Gasteiger partial charge in [0.1, 0.15) is 0 Å². The fourth-order valence-corrected chi connectivity index (χ4v) is 2.90. The van der Waals surface area contributed by atoms with Crippen LogP contribution in [0, 0.1) is 0 Å². The summed E-state index contributed by atoms with van der Waals surface area (Å²) in [5.41, 5.74) is 2.11. The van der Waals surface area contributed by atoms with E-state index >= 15 is 0 Å². The van der Waals surface area contributed by atoms with Crippen LogP contribution in [-0.4, -0.2) is 35.1 Å². The highest BCUT2D eigenvalue weighted by atomic mass is 35.5. The average molecular weight is 339 g/mol. The molecule has 1 aromatic carbocycles. The number of halogens is 1. The number of methoxy groups -OCH3 is 2. The molecule has 1 heterocycles. The smallest absolute Gasteiger partial charge is 0.356 e. The van der Waals surface area contributed by atoms with Gasteiger partial charge in [-0.3, -0.25) is 4.68 Å². The Morgan fingerprint density at radius 2 is 1.96 bits per heavy atom. The third-order valence-corrected chi connectivity index (χ3v) is 3.89. The molecule has 0 fully saturated rings. The summed E-state index contributed by atoms with van der Waals surface area (Å²) >= 11 is 6.46. The van der Waals surface area contributed by atoms with Gasteiger partial charge in [-0.2, -0.15) is 5.10 Å². The fourth-order valence-electron chi connectivity index (χ4n) is 2.61. The van der Waals surface area contributed by atoms with Gasteiger partial charge >= 0.3 is 5.97 Å². The van der Waals surface area contributed by atoms with Crippen molar-refractivity contribution in [1.82, 2.24) is 9.78 Å². The Kier molecular flexibility index (Phi) is 4.85. The zero-order valence-electron chi connectivity index (χ0n) is 13.7. The molecular formula is C16H19ClN2O4. The van der Waals surface area contributed by atoms with Crippen molar-refractivity contribution in [3.63, 3.8) is 0 Å². The highest BCUT2D eigenvalue weighted by molar-refractivity contribution is 6.33. The lowest BCUT2D eigenvalue weighted by molar-refractivity contribution is 0.0689. The van der Waals surface area contributed by atoms with Crippen LogP contribution in [0.4, 0.5) is 0 Å². The van der Waals surface area contributed by atoms with Crippen molar-refractivity contribution >= 4 is 17.6 Å². The lowest BCUT2D eigenvalue weighted by Gasteiger charge is -2.21. The van der Waals surface area contributed by atoms with Crippen LogP contribution in [0.5, 0.6) is 11.5 Å². The molecule has 23 heavy (non-hydrogen) atoms. The van der Waals surface area contributed by atoms with Crippen LogP contribution in [0.2, 0.25) is 5.02 Å². The van der Waals surface area contributed by atoms with E-state index in [4.69, 9.17) is 26.2 Å². The molecule has 0 aliphatic rings. The van der Waals surface area contributed by atoms with Crippen LogP contribution < -0.4 is 9.47 Å². The number of hydrogen-bond donors (Lipinski definition) is 1. The minimum Gasteiger partial charge on any atom is -0.493 e. The first-order valence-electron chi connectivity index (χ1n) is 7.03. The molecule has 0 atom stereocenters. The number of aromatic carboxylic acids is 1. The number of nitrogens with zero attached hydrogens (tertiary/aromatic N) is 2. The second-order valence-electron chi connectivity index (χ2n) is 5.38. The van der Waals surface area contributed by atoms with Crippen molar-refractivity contribution in [2.75, 3.05) is 14.2 Å². The molecule has 124 valence electrons. The average Bonchev–Trinajstić information content (AvgIpc) is 2.87. The maximum absolute atomic E-state index is 11.2. The van der Waals surface area contributed by atoms with Gasteiger partial charge in [-0.15, -0.1) is 0 Å². The number of aromatic nitrogens is 2. The highest BCUT2D eigenvalue weighted by Crippen LogP contribution is 2.46. The van der Waals surface area contributed by atoms with Gasteiger partial charge in [0.25, 0.3) is 0 Å². The van der Waals surface area contributed by atoms with Crippen LogP contribution in [0.25, 0.3) is 11.3 Å². The summed E-state index contributed by atoms with van der Waals surface area (Å²) in [7, 11) is 4.79. The largest absolute Gasteiger partial charge is 0.493 e.